The molecule has 0 aromatic heterocycles. The number of carbonyl (C=O) groups excluding carboxylic acids is 1. The summed E-state index contributed by atoms with van der Waals surface area (Å²) in [6, 6.07) is 19.2. The summed E-state index contributed by atoms with van der Waals surface area (Å²) in [4.78, 5) is 16.7. The van der Waals surface area contributed by atoms with Crippen molar-refractivity contribution in [2.45, 2.75) is 39.3 Å². The third-order valence-corrected chi connectivity index (χ3v) is 5.75. The van der Waals surface area contributed by atoms with Crippen LogP contribution in [0.25, 0.3) is 0 Å². The van der Waals surface area contributed by atoms with Crippen molar-refractivity contribution in [3.8, 4) is 5.75 Å². The lowest BCUT2D eigenvalue weighted by Crippen LogP contribution is -2.40. The van der Waals surface area contributed by atoms with Crippen LogP contribution >= 0.6 is 0 Å². The van der Waals surface area contributed by atoms with Crippen LogP contribution < -0.4 is 4.74 Å². The molecule has 0 saturated carbocycles. The van der Waals surface area contributed by atoms with Crippen molar-refractivity contribution in [1.82, 2.24) is 9.80 Å². The van der Waals surface area contributed by atoms with E-state index in [1.165, 1.54) is 11.1 Å². The van der Waals surface area contributed by atoms with Gasteiger partial charge in [-0.25, -0.2) is 0 Å². The molecule has 0 spiro atoms. The topological polar surface area (TPSA) is 32.8 Å². The average molecular weight is 381 g/mol. The Morgan fingerprint density at radius 2 is 1.89 bits per heavy atom. The lowest BCUT2D eigenvalue weighted by Gasteiger charge is -2.30. The first kappa shape index (κ1) is 20.4. The molecule has 0 N–H and O–H groups in total. The van der Waals surface area contributed by atoms with E-state index in [0.717, 1.165) is 31.9 Å². The molecular weight excluding hydrogens is 348 g/mol. The number of hydrogen-bond donors (Lipinski definition) is 0. The van der Waals surface area contributed by atoms with Crippen molar-refractivity contribution in [1.29, 1.82) is 0 Å². The van der Waals surface area contributed by atoms with E-state index in [1.807, 2.05) is 11.0 Å². The van der Waals surface area contributed by atoms with Gasteiger partial charge >= 0.3 is 0 Å². The largest absolute Gasteiger partial charge is 0.497 e. The van der Waals surface area contributed by atoms with E-state index in [2.05, 4.69) is 67.3 Å². The molecule has 1 aliphatic rings. The highest BCUT2D eigenvalue weighted by atomic mass is 16.5. The quantitative estimate of drug-likeness (QED) is 0.723. The Balaban J connectivity index is 1.83. The molecule has 0 radical (unpaired) electrons. The maximum absolute atomic E-state index is 12.2. The summed E-state index contributed by atoms with van der Waals surface area (Å²) in [6.45, 7) is 9.60. The van der Waals surface area contributed by atoms with Gasteiger partial charge in [-0.3, -0.25) is 9.69 Å². The summed E-state index contributed by atoms with van der Waals surface area (Å²) in [7, 11) is 1.71. The van der Waals surface area contributed by atoms with E-state index < -0.39 is 0 Å². The Labute approximate surface area is 169 Å². The molecule has 1 amide bonds. The number of rotatable bonds is 7. The number of methoxy groups -OCH3 is 1. The lowest BCUT2D eigenvalue weighted by atomic mass is 9.88. The van der Waals surface area contributed by atoms with Crippen molar-refractivity contribution in [2.75, 3.05) is 26.7 Å². The third-order valence-electron chi connectivity index (χ3n) is 5.75. The van der Waals surface area contributed by atoms with Gasteiger partial charge in [0.2, 0.25) is 5.91 Å². The number of benzene rings is 2. The van der Waals surface area contributed by atoms with Gasteiger partial charge in [-0.05, 0) is 43.0 Å². The lowest BCUT2D eigenvalue weighted by molar-refractivity contribution is -0.131. The van der Waals surface area contributed by atoms with Crippen LogP contribution in [-0.2, 0) is 11.3 Å². The minimum Gasteiger partial charge on any atom is -0.497 e. The van der Waals surface area contributed by atoms with Gasteiger partial charge in [0.15, 0.2) is 0 Å². The highest BCUT2D eigenvalue weighted by molar-refractivity contribution is 5.73. The average Bonchev–Trinajstić information content (AvgIpc) is 3.08. The smallest absolute Gasteiger partial charge is 0.219 e. The molecule has 0 bridgehead atoms. The first-order valence-corrected chi connectivity index (χ1v) is 10.2. The maximum atomic E-state index is 12.2. The van der Waals surface area contributed by atoms with Gasteiger partial charge < -0.3 is 9.64 Å². The van der Waals surface area contributed by atoms with Crippen LogP contribution in [0.2, 0.25) is 0 Å². The van der Waals surface area contributed by atoms with E-state index in [0.29, 0.717) is 11.8 Å². The first-order chi connectivity index (χ1) is 13.5. The predicted molar refractivity (Wildman–Crippen MR) is 113 cm³/mol. The van der Waals surface area contributed by atoms with Crippen LogP contribution in [0.1, 0.15) is 37.8 Å². The molecule has 150 valence electrons. The highest BCUT2D eigenvalue weighted by Gasteiger charge is 2.36. The zero-order valence-corrected chi connectivity index (χ0v) is 17.5. The Morgan fingerprint density at radius 3 is 2.54 bits per heavy atom. The molecule has 0 aliphatic carbocycles. The molecule has 4 nitrogen and oxygen atoms in total. The predicted octanol–water partition coefficient (Wildman–Crippen LogP) is 4.17. The number of amides is 1. The van der Waals surface area contributed by atoms with Crippen LogP contribution in [0.5, 0.6) is 5.75 Å². The molecule has 2 aromatic rings. The highest BCUT2D eigenvalue weighted by Crippen LogP contribution is 2.35. The summed E-state index contributed by atoms with van der Waals surface area (Å²) >= 11 is 0. The van der Waals surface area contributed by atoms with E-state index >= 15 is 0 Å². The molecule has 1 aliphatic heterocycles. The van der Waals surface area contributed by atoms with Gasteiger partial charge in [-0.1, -0.05) is 42.5 Å². The van der Waals surface area contributed by atoms with Crippen molar-refractivity contribution in [2.24, 2.45) is 5.92 Å². The first-order valence-electron chi connectivity index (χ1n) is 10.2. The number of nitrogens with zero attached hydrogens (tertiary/aromatic N) is 2. The SMILES string of the molecule is COc1cccc(C2CN(Cc3ccccc3)CC2CN(C(C)=O)C(C)C)c1. The fraction of sp³-hybridized carbons (Fsp3) is 0.458. The van der Waals surface area contributed by atoms with Gasteiger partial charge in [0, 0.05) is 45.1 Å². The number of hydrogen-bond acceptors (Lipinski definition) is 3. The number of likely N-dealkylation sites (tertiary alicyclic amines) is 1. The van der Waals surface area contributed by atoms with E-state index in [1.54, 1.807) is 14.0 Å². The van der Waals surface area contributed by atoms with Crippen LogP contribution in [0.4, 0.5) is 0 Å². The zero-order valence-electron chi connectivity index (χ0n) is 17.5. The summed E-state index contributed by atoms with van der Waals surface area (Å²) in [5.41, 5.74) is 2.63. The molecular formula is C24H32N2O2. The summed E-state index contributed by atoms with van der Waals surface area (Å²) < 4.78 is 5.45. The minimum absolute atomic E-state index is 0.154. The molecule has 1 saturated heterocycles. The number of carbonyl (C=O) groups is 1. The maximum Gasteiger partial charge on any atom is 0.219 e. The second-order valence-corrected chi connectivity index (χ2v) is 8.09. The summed E-state index contributed by atoms with van der Waals surface area (Å²) in [5.74, 6) is 1.84. The van der Waals surface area contributed by atoms with Gasteiger partial charge in [-0.2, -0.15) is 0 Å². The van der Waals surface area contributed by atoms with E-state index in [9.17, 15) is 4.79 Å². The fourth-order valence-electron chi connectivity index (χ4n) is 4.32. The van der Waals surface area contributed by atoms with Crippen LogP contribution in [0.3, 0.4) is 0 Å². The Kier molecular flexibility index (Phi) is 6.74. The fourth-order valence-corrected chi connectivity index (χ4v) is 4.32. The molecule has 4 heteroatoms. The van der Waals surface area contributed by atoms with Gasteiger partial charge in [0.25, 0.3) is 0 Å². The Bertz CT molecular complexity index is 775. The summed E-state index contributed by atoms with van der Waals surface area (Å²) in [6.07, 6.45) is 0. The van der Waals surface area contributed by atoms with E-state index in [4.69, 9.17) is 4.74 Å². The van der Waals surface area contributed by atoms with Crippen LogP contribution in [0, 0.1) is 5.92 Å². The third kappa shape index (κ3) is 4.93. The molecule has 2 atom stereocenters. The normalized spacial score (nSPS) is 19.8. The second-order valence-electron chi connectivity index (χ2n) is 8.09. The molecule has 1 heterocycles. The molecule has 3 rings (SSSR count). The van der Waals surface area contributed by atoms with Crippen molar-refractivity contribution >= 4 is 5.91 Å². The van der Waals surface area contributed by atoms with Crippen molar-refractivity contribution in [3.63, 3.8) is 0 Å². The summed E-state index contributed by atoms with van der Waals surface area (Å²) in [5, 5.41) is 0. The Hall–Kier alpha value is -2.33. The molecule has 28 heavy (non-hydrogen) atoms. The standard InChI is InChI=1S/C24H32N2O2/c1-18(2)26(19(3)27)16-22-15-25(14-20-9-6-5-7-10-20)17-24(22)21-11-8-12-23(13-21)28-4/h5-13,18,22,24H,14-17H2,1-4H3. The monoisotopic (exact) mass is 380 g/mol. The molecule has 1 fully saturated rings. The molecule has 2 aromatic carbocycles. The van der Waals surface area contributed by atoms with Gasteiger partial charge in [0.1, 0.15) is 5.75 Å². The van der Waals surface area contributed by atoms with Crippen molar-refractivity contribution in [3.05, 3.63) is 65.7 Å². The minimum atomic E-state index is 0.154. The second kappa shape index (κ2) is 9.24. The van der Waals surface area contributed by atoms with Gasteiger partial charge in [0.05, 0.1) is 7.11 Å². The zero-order chi connectivity index (χ0) is 20.1. The Morgan fingerprint density at radius 1 is 1.14 bits per heavy atom. The van der Waals surface area contributed by atoms with Crippen LogP contribution in [-0.4, -0.2) is 48.5 Å². The van der Waals surface area contributed by atoms with Gasteiger partial charge in [-0.15, -0.1) is 0 Å². The van der Waals surface area contributed by atoms with Crippen molar-refractivity contribution < 1.29 is 9.53 Å². The molecule has 2 unspecified atom stereocenters. The van der Waals surface area contributed by atoms with Crippen LogP contribution in [0.15, 0.2) is 54.6 Å². The van der Waals surface area contributed by atoms with E-state index in [-0.39, 0.29) is 11.9 Å². The number of ether oxygens (including phenoxy) is 1.